The highest BCUT2D eigenvalue weighted by molar-refractivity contribution is 7.90. The van der Waals surface area contributed by atoms with Crippen molar-refractivity contribution in [2.45, 2.75) is 29.3 Å². The molecule has 1 fully saturated rings. The lowest BCUT2D eigenvalue weighted by atomic mass is 10.2. The quantitative estimate of drug-likeness (QED) is 0.400. The molecule has 14 heteroatoms. The van der Waals surface area contributed by atoms with Crippen molar-refractivity contribution in [1.29, 1.82) is 5.26 Å². The number of hydrogen-bond donors (Lipinski definition) is 2. The van der Waals surface area contributed by atoms with Crippen molar-refractivity contribution >= 4 is 48.8 Å². The summed E-state index contributed by atoms with van der Waals surface area (Å²) in [5.41, 5.74) is 1.02. The number of nitrogens with one attached hydrogen (secondary N) is 2. The molecule has 11 nitrogen and oxygen atoms in total. The van der Waals surface area contributed by atoms with Gasteiger partial charge in [-0.25, -0.2) is 18.4 Å². The number of nitrogens with zero attached hydrogens (tertiary/aromatic N) is 5. The number of sulfone groups is 1. The number of aromatic nitrogens is 4. The van der Waals surface area contributed by atoms with E-state index < -0.39 is 33.2 Å². The number of rotatable bonds is 8. The van der Waals surface area contributed by atoms with Crippen LogP contribution in [0.25, 0.3) is 5.82 Å². The minimum atomic E-state index is -3.58. The lowest BCUT2D eigenvalue weighted by Crippen LogP contribution is -2.35. The third kappa shape index (κ3) is 5.40. The predicted octanol–water partition coefficient (Wildman–Crippen LogP) is 0.947. The van der Waals surface area contributed by atoms with E-state index in [1.54, 1.807) is 12.1 Å². The highest BCUT2D eigenvalue weighted by atomic mass is 35.5. The SMILES string of the molecule is CS(=O)(=O)c1cc(Cl)cc(C(=O)NC(C=[Si])c2ncnn2-c2ccc(C(=O)NC3(C#N)CC3)cn2)c1. The van der Waals surface area contributed by atoms with Crippen LogP contribution in [0.2, 0.25) is 5.02 Å². The molecule has 2 aromatic heterocycles. The van der Waals surface area contributed by atoms with Gasteiger partial charge in [-0.1, -0.05) is 17.3 Å². The molecule has 0 bridgehead atoms. The molecule has 182 valence electrons. The average Bonchev–Trinajstić information content (AvgIpc) is 3.45. The molecule has 4 rings (SSSR count). The van der Waals surface area contributed by atoms with E-state index in [9.17, 15) is 18.0 Å². The maximum Gasteiger partial charge on any atom is 0.254 e. The van der Waals surface area contributed by atoms with Gasteiger partial charge in [0.05, 0.1) is 16.5 Å². The summed E-state index contributed by atoms with van der Waals surface area (Å²) in [6.07, 6.45) is 4.88. The molecule has 0 saturated heterocycles. The van der Waals surface area contributed by atoms with E-state index in [0.717, 1.165) is 6.26 Å². The molecule has 1 aromatic carbocycles. The van der Waals surface area contributed by atoms with Crippen LogP contribution in [0, 0.1) is 11.3 Å². The number of nitriles is 1. The largest absolute Gasteiger partial charge is 0.339 e. The molecule has 1 unspecified atom stereocenters. The first kappa shape index (κ1) is 25.4. The van der Waals surface area contributed by atoms with Crippen molar-refractivity contribution in [3.05, 3.63) is 64.8 Å². The molecule has 1 saturated carbocycles. The van der Waals surface area contributed by atoms with E-state index in [1.165, 1.54) is 41.1 Å². The normalized spacial score (nSPS) is 14.8. The van der Waals surface area contributed by atoms with Crippen LogP contribution < -0.4 is 10.6 Å². The number of pyridine rings is 1. The molecule has 1 atom stereocenters. The molecule has 0 spiro atoms. The van der Waals surface area contributed by atoms with Crippen molar-refractivity contribution in [2.24, 2.45) is 0 Å². The van der Waals surface area contributed by atoms with Crippen LogP contribution in [0.15, 0.2) is 47.8 Å². The summed E-state index contributed by atoms with van der Waals surface area (Å²) in [6.45, 7) is 0. The first-order valence-electron chi connectivity index (χ1n) is 10.5. The summed E-state index contributed by atoms with van der Waals surface area (Å²) in [5, 5.41) is 18.8. The highest BCUT2D eigenvalue weighted by Crippen LogP contribution is 2.34. The Morgan fingerprint density at radius 1 is 1.22 bits per heavy atom. The first-order valence-corrected chi connectivity index (χ1v) is 13.3. The van der Waals surface area contributed by atoms with Gasteiger partial charge in [-0.15, -0.1) is 0 Å². The van der Waals surface area contributed by atoms with Crippen LogP contribution in [0.1, 0.15) is 45.4 Å². The summed E-state index contributed by atoms with van der Waals surface area (Å²) < 4.78 is 25.2. The van der Waals surface area contributed by atoms with Gasteiger partial charge in [0.15, 0.2) is 21.5 Å². The van der Waals surface area contributed by atoms with E-state index in [0.29, 0.717) is 18.7 Å². The maximum atomic E-state index is 12.9. The molecule has 36 heavy (non-hydrogen) atoms. The van der Waals surface area contributed by atoms with Crippen molar-refractivity contribution in [2.75, 3.05) is 6.26 Å². The summed E-state index contributed by atoms with van der Waals surface area (Å²) in [5.74, 6) is -0.381. The lowest BCUT2D eigenvalue weighted by Gasteiger charge is -2.16. The van der Waals surface area contributed by atoms with Gasteiger partial charge < -0.3 is 10.6 Å². The van der Waals surface area contributed by atoms with Crippen molar-refractivity contribution < 1.29 is 18.0 Å². The van der Waals surface area contributed by atoms with Crippen LogP contribution in [0.5, 0.6) is 0 Å². The molecule has 0 aliphatic heterocycles. The fourth-order valence-corrected chi connectivity index (χ4v) is 4.49. The number of carbonyl (C=O) groups is 2. The van der Waals surface area contributed by atoms with Gasteiger partial charge in [-0.2, -0.15) is 15.0 Å². The third-order valence-electron chi connectivity index (χ3n) is 5.41. The Hall–Kier alpha value is -3.73. The Labute approximate surface area is 214 Å². The van der Waals surface area contributed by atoms with Gasteiger partial charge in [0.1, 0.15) is 17.9 Å². The Morgan fingerprint density at radius 2 is 1.97 bits per heavy atom. The maximum absolute atomic E-state index is 12.9. The highest BCUT2D eigenvalue weighted by Gasteiger charge is 2.44. The standard InChI is InChI=1S/C22H18ClN7O4SSi/c1-35(33,34)16-7-14(6-15(23)8-16)20(31)28-17(10-36)19-26-12-27-30(19)18-3-2-13(9-25-18)21(32)29-22(11-24)4-5-22/h2-3,6-10,12,17H,4-5H2,1H3,(H,28,31)(H,29,32). The molecule has 1 aliphatic carbocycles. The van der Waals surface area contributed by atoms with Crippen molar-refractivity contribution in [3.8, 4) is 11.9 Å². The van der Waals surface area contributed by atoms with E-state index in [2.05, 4.69) is 41.6 Å². The van der Waals surface area contributed by atoms with E-state index >= 15 is 0 Å². The van der Waals surface area contributed by atoms with Gasteiger partial charge in [-0.3, -0.25) is 9.59 Å². The molecule has 2 heterocycles. The lowest BCUT2D eigenvalue weighted by molar-refractivity contribution is 0.0934. The third-order valence-corrected chi connectivity index (χ3v) is 7.05. The minimum absolute atomic E-state index is 0.0480. The molecule has 2 N–H and O–H groups in total. The number of halogens is 1. The predicted molar refractivity (Wildman–Crippen MR) is 131 cm³/mol. The fraction of sp³-hybridized carbons (Fsp3) is 0.227. The van der Waals surface area contributed by atoms with E-state index in [1.807, 2.05) is 0 Å². The zero-order chi connectivity index (χ0) is 26.1. The number of carbonyl (C=O) groups excluding carboxylic acids is 2. The fourth-order valence-electron chi connectivity index (χ4n) is 3.28. The van der Waals surface area contributed by atoms with Gasteiger partial charge in [0.2, 0.25) is 0 Å². The van der Waals surface area contributed by atoms with E-state index in [-0.39, 0.29) is 26.9 Å². The summed E-state index contributed by atoms with van der Waals surface area (Å²) in [4.78, 5) is 33.7. The van der Waals surface area contributed by atoms with Gasteiger partial charge in [0.25, 0.3) is 11.8 Å². The van der Waals surface area contributed by atoms with Crippen molar-refractivity contribution in [1.82, 2.24) is 30.4 Å². The number of benzene rings is 1. The van der Waals surface area contributed by atoms with Gasteiger partial charge in [0, 0.05) is 32.9 Å². The van der Waals surface area contributed by atoms with Crippen LogP contribution >= 0.6 is 11.6 Å². The molecular weight excluding hydrogens is 522 g/mol. The Morgan fingerprint density at radius 3 is 2.56 bits per heavy atom. The Balaban J connectivity index is 1.54. The molecule has 1 aliphatic rings. The zero-order valence-electron chi connectivity index (χ0n) is 18.8. The monoisotopic (exact) mass is 539 g/mol. The zero-order valence-corrected chi connectivity index (χ0v) is 21.3. The summed E-state index contributed by atoms with van der Waals surface area (Å²) in [6, 6.07) is 8.24. The van der Waals surface area contributed by atoms with Gasteiger partial charge in [-0.05, 0) is 43.2 Å². The molecular formula is C22H18ClN7O4SSi. The minimum Gasteiger partial charge on any atom is -0.339 e. The van der Waals surface area contributed by atoms with Crippen LogP contribution in [-0.2, 0) is 9.84 Å². The van der Waals surface area contributed by atoms with Crippen LogP contribution in [0.3, 0.4) is 0 Å². The second-order valence-corrected chi connectivity index (χ2v) is 10.9. The average molecular weight is 540 g/mol. The van der Waals surface area contributed by atoms with Crippen LogP contribution in [0.4, 0.5) is 0 Å². The molecule has 3 aromatic rings. The Kier molecular flexibility index (Phi) is 6.85. The summed E-state index contributed by atoms with van der Waals surface area (Å²) in [7, 11) is -0.290. The van der Waals surface area contributed by atoms with Crippen LogP contribution in [-0.4, -0.2) is 67.3 Å². The van der Waals surface area contributed by atoms with Gasteiger partial charge >= 0.3 is 0 Å². The van der Waals surface area contributed by atoms with E-state index in [4.69, 9.17) is 16.9 Å². The first-order chi connectivity index (χ1) is 17.0. The second kappa shape index (κ2) is 9.73. The second-order valence-electron chi connectivity index (χ2n) is 8.15. The molecule has 2 amide bonds. The summed E-state index contributed by atoms with van der Waals surface area (Å²) >= 11 is 6.02. The number of amides is 2. The number of hydrogen-bond acceptors (Lipinski definition) is 8. The van der Waals surface area contributed by atoms with Crippen molar-refractivity contribution in [3.63, 3.8) is 0 Å². The molecule has 2 radical (unpaired) electrons. The Bertz CT molecular complexity index is 1510. The topological polar surface area (TPSA) is 160 Å². The smallest absolute Gasteiger partial charge is 0.254 e.